The summed E-state index contributed by atoms with van der Waals surface area (Å²) >= 11 is 8.95. The van der Waals surface area contributed by atoms with Crippen LogP contribution in [0.25, 0.3) is 0 Å². The van der Waals surface area contributed by atoms with Gasteiger partial charge in [-0.25, -0.2) is 0 Å². The van der Waals surface area contributed by atoms with Crippen LogP contribution in [0.5, 0.6) is 0 Å². The minimum atomic E-state index is 0. The number of hydrogen-bond donors (Lipinski definition) is 1. The molecule has 109 valence electrons. The van der Waals surface area contributed by atoms with Gasteiger partial charge in [-0.1, -0.05) is 0 Å². The molecule has 19 heavy (non-hydrogen) atoms. The first-order valence-corrected chi connectivity index (χ1v) is 3.50. The molecule has 0 fully saturated rings. The van der Waals surface area contributed by atoms with Gasteiger partial charge >= 0.3 is 68.0 Å². The molecule has 0 aromatic heterocycles. The summed E-state index contributed by atoms with van der Waals surface area (Å²) in [6.45, 7) is 23.0. The van der Waals surface area contributed by atoms with E-state index in [1.54, 1.807) is 0 Å². The normalized spacial score (nSPS) is 2.74. The van der Waals surface area contributed by atoms with E-state index in [0.717, 1.165) is 0 Å². The smallest absolute Gasteiger partial charge is 0.813 e. The van der Waals surface area contributed by atoms with Gasteiger partial charge in [-0.2, -0.15) is 0 Å². The van der Waals surface area contributed by atoms with Gasteiger partial charge in [-0.15, -0.1) is 11.8 Å². The Hall–Kier alpha value is 0.209. The number of nitrogens with zero attached hydrogens (tertiary/aromatic N) is 2. The number of rotatable bonds is 2. The van der Waals surface area contributed by atoms with Crippen LogP contribution in [0.1, 0.15) is 0 Å². The molecule has 12 heteroatoms. The molecule has 0 aromatic rings. The minimum Gasteiger partial charge on any atom is -0.813 e. The van der Waals surface area contributed by atoms with Crippen LogP contribution in [-0.4, -0.2) is 17.2 Å². The summed E-state index contributed by atoms with van der Waals surface area (Å²) in [5.41, 5.74) is 0. The fourth-order valence-electron chi connectivity index (χ4n) is 0.0417. The predicted molar refractivity (Wildman–Crippen MR) is 61.7 cm³/mol. The first-order chi connectivity index (χ1) is 7.41. The Morgan fingerprint density at radius 2 is 0.895 bits per heavy atom. The minimum absolute atomic E-state index is 0. The van der Waals surface area contributed by atoms with Crippen LogP contribution in [0.3, 0.4) is 0 Å². The van der Waals surface area contributed by atoms with Crippen LogP contribution in [0.4, 0.5) is 0 Å². The van der Waals surface area contributed by atoms with E-state index in [-0.39, 0.29) is 53.1 Å². The molecule has 0 spiro atoms. The van der Waals surface area contributed by atoms with Gasteiger partial charge in [0.05, 0.1) is 0 Å². The van der Waals surface area contributed by atoms with Crippen molar-refractivity contribution in [3.8, 4) is 0 Å². The second kappa shape index (κ2) is 524. The number of nitrogens with one attached hydrogen (secondary N) is 1. The van der Waals surface area contributed by atoms with Gasteiger partial charge in [0.15, 0.2) is 0 Å². The first kappa shape index (κ1) is 75.1. The molecule has 0 bridgehead atoms. The second-order valence-electron chi connectivity index (χ2n) is 0.539. The summed E-state index contributed by atoms with van der Waals surface area (Å²) in [4.78, 5) is 0. The van der Waals surface area contributed by atoms with Gasteiger partial charge in [-0.05, 0) is 0 Å². The summed E-state index contributed by atoms with van der Waals surface area (Å²) in [6.07, 6.45) is 0. The van der Waals surface area contributed by atoms with E-state index in [2.05, 4.69) is 50.5 Å². The van der Waals surface area contributed by atoms with Crippen molar-refractivity contribution in [1.29, 1.82) is 10.5 Å². The van der Waals surface area contributed by atoms with Gasteiger partial charge < -0.3 is 73.2 Å². The second-order valence-corrected chi connectivity index (χ2v) is 1.12. The van der Waals surface area contributed by atoms with Crippen LogP contribution in [0.15, 0.2) is 0 Å². The molecule has 7 nitrogen and oxygen atoms in total. The maximum atomic E-state index is 7.50. The van der Waals surface area contributed by atoms with Crippen molar-refractivity contribution < 1.29 is 53.6 Å². The van der Waals surface area contributed by atoms with E-state index in [1.807, 2.05) is 0 Å². The van der Waals surface area contributed by atoms with Crippen LogP contribution in [0, 0.1) is 43.6 Å². The van der Waals surface area contributed by atoms with Gasteiger partial charge in [-0.3, -0.25) is 0 Å². The Balaban J connectivity index is -0.00000000652. The van der Waals surface area contributed by atoms with Crippen molar-refractivity contribution in [1.82, 2.24) is 5.32 Å². The van der Waals surface area contributed by atoms with E-state index < -0.39 is 0 Å². The zero-order chi connectivity index (χ0) is 14.1. The molecule has 0 amide bonds. The largest absolute Gasteiger partial charge is 3.00 e. The van der Waals surface area contributed by atoms with Gasteiger partial charge in [0.1, 0.15) is 0 Å². The van der Waals surface area contributed by atoms with Crippen molar-refractivity contribution in [2.75, 3.05) is 11.8 Å². The Labute approximate surface area is 152 Å². The molecule has 0 rings (SSSR count). The van der Waals surface area contributed by atoms with E-state index in [0.29, 0.717) is 11.8 Å². The van der Waals surface area contributed by atoms with E-state index in [1.165, 1.54) is 0 Å². The summed E-state index contributed by atoms with van der Waals surface area (Å²) in [6, 6.07) is 0. The molecular formula is C7H8Fe2N3O4S3. The fourth-order valence-corrected chi connectivity index (χ4v) is 0.375. The molecule has 0 aliphatic heterocycles. The molecule has 0 aliphatic carbocycles. The summed E-state index contributed by atoms with van der Waals surface area (Å²) in [5.74, 6) is 1.15. The van der Waals surface area contributed by atoms with Crippen molar-refractivity contribution in [3.05, 3.63) is 33.1 Å². The molecule has 0 saturated heterocycles. The molecule has 1 radical (unpaired) electrons. The van der Waals surface area contributed by atoms with Crippen LogP contribution in [0.2, 0.25) is 0 Å². The van der Waals surface area contributed by atoms with Crippen LogP contribution >= 0.6 is 0 Å². The van der Waals surface area contributed by atoms with Gasteiger partial charge in [0.2, 0.25) is 0 Å². The first-order valence-electron chi connectivity index (χ1n) is 2.34. The zero-order valence-electron chi connectivity index (χ0n) is 9.00. The molecule has 0 saturated carbocycles. The maximum absolute atomic E-state index is 7.50. The quantitative estimate of drug-likeness (QED) is 0.195. The molecule has 0 atom stereocenters. The SMILES string of the molecule is O.[C-]#N.[C-]#N.[C-]#[O+].[C-]#[O+].[C-]#[O+].[Fe+2].[Fe+3].[S-]CNC[S-].[SH-]. The topological polar surface area (TPSA) is 151 Å². The summed E-state index contributed by atoms with van der Waals surface area (Å²) in [7, 11) is 0. The standard InChI is InChI=1S/C2H7NS2.2CN.3CO.2Fe.H2O.H2S/c4-1-3-2-5;5*1-2;;;;/h3-5H,1-2H2;;;;;;;;2*1H2/q;2*-1;;;;+2;+3;;/p-3. The molecule has 0 aliphatic rings. The zero-order valence-corrected chi connectivity index (χ0v) is 13.7. The average Bonchev–Trinajstić information content (AvgIpc) is 2.42. The van der Waals surface area contributed by atoms with E-state index >= 15 is 0 Å². The molecule has 0 aromatic carbocycles. The molecule has 0 unspecified atom stereocenters. The Bertz CT molecular complexity index is 131. The predicted octanol–water partition coefficient (Wildman–Crippen LogP) is -1.43. The van der Waals surface area contributed by atoms with Gasteiger partial charge in [0, 0.05) is 0 Å². The molecule has 3 N–H and O–H groups in total. The molecular weight excluding hydrogens is 398 g/mol. The average molecular weight is 406 g/mol. The fraction of sp³-hybridized carbons (Fsp3) is 0.286. The van der Waals surface area contributed by atoms with Crippen LogP contribution < -0.4 is 5.32 Å². The third kappa shape index (κ3) is 980. The number of hydrogen-bond acceptors (Lipinski definition) is 6. The third-order valence-electron chi connectivity index (χ3n) is 0.204. The van der Waals surface area contributed by atoms with Crippen molar-refractivity contribution in [2.45, 2.75) is 0 Å². The Morgan fingerprint density at radius 1 is 0.789 bits per heavy atom. The third-order valence-corrected chi connectivity index (χ3v) is 0.612. The summed E-state index contributed by atoms with van der Waals surface area (Å²) < 4.78 is 22.5. The monoisotopic (exact) mass is 406 g/mol. The number of thiol groups is 1. The van der Waals surface area contributed by atoms with E-state index in [4.69, 9.17) is 37.6 Å². The Morgan fingerprint density at radius 3 is 0.895 bits per heavy atom. The van der Waals surface area contributed by atoms with Crippen molar-refractivity contribution >= 4 is 38.8 Å². The van der Waals surface area contributed by atoms with Crippen molar-refractivity contribution in [2.24, 2.45) is 0 Å². The van der Waals surface area contributed by atoms with Crippen LogP contribution in [-0.2, 0) is 86.8 Å². The Kier molecular flexibility index (Phi) is 2070. The van der Waals surface area contributed by atoms with Gasteiger partial charge in [0.25, 0.3) is 0 Å². The summed E-state index contributed by atoms with van der Waals surface area (Å²) in [5, 5.41) is 15.2. The van der Waals surface area contributed by atoms with Crippen molar-refractivity contribution in [3.63, 3.8) is 0 Å². The maximum Gasteiger partial charge on any atom is 3.00 e. The molecule has 0 heterocycles. The van der Waals surface area contributed by atoms with E-state index in [9.17, 15) is 0 Å².